The first kappa shape index (κ1) is 14.7. The lowest BCUT2D eigenvalue weighted by Crippen LogP contribution is -2.20. The number of thiazole rings is 1. The highest BCUT2D eigenvalue weighted by molar-refractivity contribution is 9.10. The minimum atomic E-state index is -0.606. The summed E-state index contributed by atoms with van der Waals surface area (Å²) in [5.74, 6) is -0.115. The Labute approximate surface area is 125 Å². The van der Waals surface area contributed by atoms with Gasteiger partial charge in [-0.15, -0.1) is 11.3 Å². The zero-order chi connectivity index (χ0) is 14.0. The Kier molecular flexibility index (Phi) is 4.73. The second-order valence-electron chi connectivity index (χ2n) is 4.52. The lowest BCUT2D eigenvalue weighted by molar-refractivity contribution is 0.150. The molecule has 0 saturated heterocycles. The maximum Gasteiger partial charge on any atom is 0.0981 e. The van der Waals surface area contributed by atoms with Gasteiger partial charge in [-0.05, 0) is 31.5 Å². The zero-order valence-corrected chi connectivity index (χ0v) is 13.3. The normalized spacial score (nSPS) is 14.4. The number of aryl methyl sites for hydroxylation is 2. The van der Waals surface area contributed by atoms with Crippen molar-refractivity contribution in [3.05, 3.63) is 49.9 Å². The van der Waals surface area contributed by atoms with E-state index in [9.17, 15) is 5.11 Å². The smallest absolute Gasteiger partial charge is 0.0981 e. The quantitative estimate of drug-likeness (QED) is 0.897. The number of aliphatic hydroxyl groups excluding tert-OH is 1. The number of halogens is 1. The molecule has 5 heteroatoms. The fourth-order valence-corrected chi connectivity index (χ4v) is 3.58. The van der Waals surface area contributed by atoms with Crippen molar-refractivity contribution in [1.82, 2.24) is 4.98 Å². The van der Waals surface area contributed by atoms with Gasteiger partial charge in [-0.2, -0.15) is 0 Å². The van der Waals surface area contributed by atoms with Crippen LogP contribution in [0.25, 0.3) is 0 Å². The predicted octanol–water partition coefficient (Wildman–Crippen LogP) is 3.30. The molecular formula is C14H17BrN2OS. The van der Waals surface area contributed by atoms with Crippen LogP contribution in [0.4, 0.5) is 0 Å². The molecule has 0 spiro atoms. The number of aliphatic hydroxyl groups is 1. The Morgan fingerprint density at radius 3 is 2.68 bits per heavy atom. The van der Waals surface area contributed by atoms with E-state index in [2.05, 4.69) is 20.9 Å². The van der Waals surface area contributed by atoms with E-state index in [1.165, 1.54) is 11.3 Å². The predicted molar refractivity (Wildman–Crippen MR) is 82.5 cm³/mol. The molecule has 0 aliphatic carbocycles. The highest BCUT2D eigenvalue weighted by Crippen LogP contribution is 2.35. The van der Waals surface area contributed by atoms with E-state index in [1.54, 1.807) is 0 Å². The minimum absolute atomic E-state index is 0.115. The number of hydrogen-bond acceptors (Lipinski definition) is 4. The maximum absolute atomic E-state index is 10.6. The van der Waals surface area contributed by atoms with E-state index in [-0.39, 0.29) is 5.92 Å². The summed E-state index contributed by atoms with van der Waals surface area (Å²) in [6, 6.07) is 7.92. The molecule has 0 amide bonds. The molecule has 2 rings (SSSR count). The van der Waals surface area contributed by atoms with Crippen LogP contribution < -0.4 is 5.73 Å². The summed E-state index contributed by atoms with van der Waals surface area (Å²) >= 11 is 4.99. The first-order chi connectivity index (χ1) is 9.02. The van der Waals surface area contributed by atoms with Crippen molar-refractivity contribution >= 4 is 27.3 Å². The topological polar surface area (TPSA) is 59.1 Å². The van der Waals surface area contributed by atoms with Gasteiger partial charge < -0.3 is 10.8 Å². The molecule has 3 nitrogen and oxygen atoms in total. The van der Waals surface area contributed by atoms with Crippen molar-refractivity contribution in [3.8, 4) is 0 Å². The van der Waals surface area contributed by atoms with Crippen molar-refractivity contribution < 1.29 is 5.11 Å². The summed E-state index contributed by atoms with van der Waals surface area (Å²) in [4.78, 5) is 5.28. The van der Waals surface area contributed by atoms with Gasteiger partial charge in [0.25, 0.3) is 0 Å². The Bertz CT molecular complexity index is 570. The molecule has 3 N–H and O–H groups in total. The van der Waals surface area contributed by atoms with Gasteiger partial charge in [0.15, 0.2) is 0 Å². The molecule has 0 aliphatic rings. The van der Waals surface area contributed by atoms with Crippen molar-refractivity contribution in [2.45, 2.75) is 25.9 Å². The van der Waals surface area contributed by atoms with Gasteiger partial charge in [-0.1, -0.05) is 28.1 Å². The largest absolute Gasteiger partial charge is 0.387 e. The molecule has 0 saturated carbocycles. The molecule has 2 unspecified atom stereocenters. The molecule has 19 heavy (non-hydrogen) atoms. The Hall–Kier alpha value is -0.750. The zero-order valence-electron chi connectivity index (χ0n) is 10.9. The van der Waals surface area contributed by atoms with Crippen LogP contribution in [0.3, 0.4) is 0 Å². The van der Waals surface area contributed by atoms with Gasteiger partial charge in [0.05, 0.1) is 21.7 Å². The van der Waals surface area contributed by atoms with Crippen LogP contribution >= 0.6 is 27.3 Å². The van der Waals surface area contributed by atoms with Crippen molar-refractivity contribution in [2.75, 3.05) is 6.54 Å². The average molecular weight is 341 g/mol. The van der Waals surface area contributed by atoms with Gasteiger partial charge in [-0.3, -0.25) is 0 Å². The van der Waals surface area contributed by atoms with Gasteiger partial charge >= 0.3 is 0 Å². The highest BCUT2D eigenvalue weighted by atomic mass is 79.9. The summed E-state index contributed by atoms with van der Waals surface area (Å²) in [5.41, 5.74) is 7.79. The molecule has 1 heterocycles. The van der Waals surface area contributed by atoms with Gasteiger partial charge in [-0.25, -0.2) is 4.98 Å². The van der Waals surface area contributed by atoms with E-state index in [0.717, 1.165) is 25.6 Å². The molecule has 2 aromatic rings. The third-order valence-electron chi connectivity index (χ3n) is 3.12. The van der Waals surface area contributed by atoms with E-state index < -0.39 is 6.10 Å². The summed E-state index contributed by atoms with van der Waals surface area (Å²) in [5, 5.41) is 11.6. The van der Waals surface area contributed by atoms with Crippen molar-refractivity contribution in [3.63, 3.8) is 0 Å². The molecule has 102 valence electrons. The fraction of sp³-hybridized carbons (Fsp3) is 0.357. The van der Waals surface area contributed by atoms with Crippen LogP contribution in [-0.4, -0.2) is 16.6 Å². The highest BCUT2D eigenvalue weighted by Gasteiger charge is 2.25. The molecule has 0 radical (unpaired) electrons. The second kappa shape index (κ2) is 6.13. The molecule has 2 atom stereocenters. The number of benzene rings is 1. The molecule has 0 fully saturated rings. The van der Waals surface area contributed by atoms with E-state index in [4.69, 9.17) is 5.73 Å². The SMILES string of the molecule is Cc1nc(C)c(C(O)C(CN)c2cccc(Br)c2)s1. The molecular weight excluding hydrogens is 324 g/mol. The van der Waals surface area contributed by atoms with E-state index >= 15 is 0 Å². The van der Waals surface area contributed by atoms with Crippen LogP contribution in [0.5, 0.6) is 0 Å². The summed E-state index contributed by atoms with van der Waals surface area (Å²) in [6.07, 6.45) is -0.606. The monoisotopic (exact) mass is 340 g/mol. The van der Waals surface area contributed by atoms with Crippen LogP contribution in [0, 0.1) is 13.8 Å². The maximum atomic E-state index is 10.6. The number of nitrogens with zero attached hydrogens (tertiary/aromatic N) is 1. The van der Waals surface area contributed by atoms with E-state index in [0.29, 0.717) is 6.54 Å². The van der Waals surface area contributed by atoms with Gasteiger partial charge in [0, 0.05) is 16.9 Å². The number of aromatic nitrogens is 1. The van der Waals surface area contributed by atoms with E-state index in [1.807, 2.05) is 38.1 Å². The standard InChI is InChI=1S/C14H17BrN2OS/c1-8-14(19-9(2)17-8)13(18)12(7-16)10-4-3-5-11(15)6-10/h3-6,12-13,18H,7,16H2,1-2H3. The summed E-state index contributed by atoms with van der Waals surface area (Å²) in [6.45, 7) is 4.27. The third kappa shape index (κ3) is 3.23. The van der Waals surface area contributed by atoms with Crippen LogP contribution in [0.2, 0.25) is 0 Å². The summed E-state index contributed by atoms with van der Waals surface area (Å²) in [7, 11) is 0. The van der Waals surface area contributed by atoms with Crippen LogP contribution in [0.15, 0.2) is 28.7 Å². The molecule has 0 bridgehead atoms. The lowest BCUT2D eigenvalue weighted by atomic mass is 9.92. The van der Waals surface area contributed by atoms with Gasteiger partial charge in [0.1, 0.15) is 0 Å². The number of rotatable bonds is 4. The number of nitrogens with two attached hydrogens (primary N) is 1. The van der Waals surface area contributed by atoms with Crippen LogP contribution in [-0.2, 0) is 0 Å². The Morgan fingerprint density at radius 2 is 2.16 bits per heavy atom. The third-order valence-corrected chi connectivity index (χ3v) is 4.76. The van der Waals surface area contributed by atoms with Crippen molar-refractivity contribution in [1.29, 1.82) is 0 Å². The first-order valence-electron chi connectivity index (χ1n) is 6.10. The molecule has 1 aromatic heterocycles. The Balaban J connectivity index is 2.34. The first-order valence-corrected chi connectivity index (χ1v) is 7.71. The van der Waals surface area contributed by atoms with Gasteiger partial charge in [0.2, 0.25) is 0 Å². The molecule has 1 aromatic carbocycles. The minimum Gasteiger partial charge on any atom is -0.387 e. The molecule has 0 aliphatic heterocycles. The second-order valence-corrected chi connectivity index (χ2v) is 6.68. The van der Waals surface area contributed by atoms with Crippen molar-refractivity contribution in [2.24, 2.45) is 5.73 Å². The average Bonchev–Trinajstić information content (AvgIpc) is 2.69. The van der Waals surface area contributed by atoms with Crippen LogP contribution in [0.1, 0.15) is 33.2 Å². The number of hydrogen-bond donors (Lipinski definition) is 2. The summed E-state index contributed by atoms with van der Waals surface area (Å²) < 4.78 is 0.993. The Morgan fingerprint density at radius 1 is 1.42 bits per heavy atom. The fourth-order valence-electron chi connectivity index (χ4n) is 2.19. The lowest BCUT2D eigenvalue weighted by Gasteiger charge is -2.21.